The molecule has 0 aromatic heterocycles. The number of nitrogens with zero attached hydrogens (tertiary/aromatic N) is 1. The van der Waals surface area contributed by atoms with Crippen LogP contribution in [0.2, 0.25) is 0 Å². The van der Waals surface area contributed by atoms with Crippen molar-refractivity contribution in [1.82, 2.24) is 0 Å². The van der Waals surface area contributed by atoms with Gasteiger partial charge in [0, 0.05) is 17.8 Å². The van der Waals surface area contributed by atoms with Crippen LogP contribution in [-0.2, 0) is 6.42 Å². The van der Waals surface area contributed by atoms with Crippen LogP contribution in [0.4, 0.5) is 15.8 Å². The Balaban J connectivity index is 1.99. The number of rotatable bonds is 1. The summed E-state index contributed by atoms with van der Waals surface area (Å²) >= 11 is 0. The Kier molecular flexibility index (Phi) is 2.93. The Morgan fingerprint density at radius 1 is 1.25 bits per heavy atom. The van der Waals surface area contributed by atoms with Crippen molar-refractivity contribution in [2.75, 3.05) is 17.2 Å². The molecule has 2 aromatic carbocycles. The van der Waals surface area contributed by atoms with Gasteiger partial charge in [-0.05, 0) is 54.8 Å². The first-order chi connectivity index (χ1) is 9.54. The quantitative estimate of drug-likeness (QED) is 0.810. The number of nitrogens with two attached hydrogens (primary N) is 1. The van der Waals surface area contributed by atoms with E-state index in [1.165, 1.54) is 12.1 Å². The summed E-state index contributed by atoms with van der Waals surface area (Å²) in [5.41, 5.74) is 9.49. The Hall–Kier alpha value is -2.36. The number of hydrogen-bond acceptors (Lipinski definition) is 2. The van der Waals surface area contributed by atoms with E-state index in [1.807, 2.05) is 13.0 Å². The van der Waals surface area contributed by atoms with Crippen LogP contribution in [-0.4, -0.2) is 12.5 Å². The fourth-order valence-electron chi connectivity index (χ4n) is 2.66. The van der Waals surface area contributed by atoms with Crippen molar-refractivity contribution < 1.29 is 9.18 Å². The molecule has 0 atom stereocenters. The maximum Gasteiger partial charge on any atom is 0.258 e. The molecule has 0 bridgehead atoms. The highest BCUT2D eigenvalue weighted by atomic mass is 19.1. The topological polar surface area (TPSA) is 46.3 Å². The van der Waals surface area contributed by atoms with Gasteiger partial charge in [0.1, 0.15) is 5.82 Å². The predicted molar refractivity (Wildman–Crippen MR) is 77.4 cm³/mol. The van der Waals surface area contributed by atoms with Crippen LogP contribution in [0.1, 0.15) is 21.5 Å². The van der Waals surface area contributed by atoms with Gasteiger partial charge in [0.05, 0.1) is 5.69 Å². The summed E-state index contributed by atoms with van der Waals surface area (Å²) in [4.78, 5) is 14.2. The fraction of sp³-hybridized carbons (Fsp3) is 0.188. The predicted octanol–water partition coefficient (Wildman–Crippen LogP) is 2.92. The highest BCUT2D eigenvalue weighted by Gasteiger charge is 2.26. The third kappa shape index (κ3) is 2.13. The summed E-state index contributed by atoms with van der Waals surface area (Å²) < 4.78 is 13.4. The van der Waals surface area contributed by atoms with Gasteiger partial charge in [0.25, 0.3) is 5.91 Å². The summed E-state index contributed by atoms with van der Waals surface area (Å²) in [6, 6.07) is 9.86. The number of benzene rings is 2. The van der Waals surface area contributed by atoms with E-state index < -0.39 is 0 Å². The van der Waals surface area contributed by atoms with Crippen LogP contribution in [0.3, 0.4) is 0 Å². The Morgan fingerprint density at radius 2 is 2.05 bits per heavy atom. The summed E-state index contributed by atoms with van der Waals surface area (Å²) in [6.07, 6.45) is 0.753. The summed E-state index contributed by atoms with van der Waals surface area (Å²) in [7, 11) is 0. The van der Waals surface area contributed by atoms with Crippen molar-refractivity contribution in [1.29, 1.82) is 0 Å². The molecule has 3 rings (SSSR count). The van der Waals surface area contributed by atoms with Crippen molar-refractivity contribution in [2.24, 2.45) is 0 Å². The van der Waals surface area contributed by atoms with E-state index in [2.05, 4.69) is 0 Å². The number of fused-ring (bicyclic) bond motifs is 1. The van der Waals surface area contributed by atoms with Gasteiger partial charge < -0.3 is 10.6 Å². The first kappa shape index (κ1) is 12.7. The molecule has 0 unspecified atom stereocenters. The van der Waals surface area contributed by atoms with Crippen molar-refractivity contribution in [3.8, 4) is 0 Å². The van der Waals surface area contributed by atoms with Crippen LogP contribution < -0.4 is 10.6 Å². The number of halogens is 1. The molecular weight excluding hydrogens is 255 g/mol. The molecular formula is C16H15FN2O. The monoisotopic (exact) mass is 270 g/mol. The molecule has 0 spiro atoms. The van der Waals surface area contributed by atoms with Crippen LogP contribution in [0.5, 0.6) is 0 Å². The Bertz CT molecular complexity index is 677. The molecule has 2 N–H and O–H groups in total. The van der Waals surface area contributed by atoms with Crippen molar-refractivity contribution in [3.63, 3.8) is 0 Å². The molecule has 0 fully saturated rings. The lowest BCUT2D eigenvalue weighted by Crippen LogP contribution is -2.29. The lowest BCUT2D eigenvalue weighted by atomic mass is 10.1. The summed E-state index contributed by atoms with van der Waals surface area (Å²) in [5.74, 6) is -0.461. The van der Waals surface area contributed by atoms with E-state index in [0.29, 0.717) is 23.5 Å². The number of carbonyl (C=O) groups excluding carboxylic acids is 1. The highest BCUT2D eigenvalue weighted by Crippen LogP contribution is 2.30. The molecule has 1 aliphatic heterocycles. The van der Waals surface area contributed by atoms with Crippen molar-refractivity contribution in [3.05, 3.63) is 58.9 Å². The van der Waals surface area contributed by atoms with Crippen LogP contribution in [0.15, 0.2) is 36.4 Å². The molecule has 20 heavy (non-hydrogen) atoms. The zero-order valence-corrected chi connectivity index (χ0v) is 11.2. The SMILES string of the molecule is Cc1cc(N)cc(C(=O)N2CCc3ccc(F)cc32)c1. The molecule has 4 heteroatoms. The number of nitrogen functional groups attached to an aromatic ring is 1. The van der Waals surface area contributed by atoms with E-state index >= 15 is 0 Å². The van der Waals surface area contributed by atoms with Gasteiger partial charge in [-0.1, -0.05) is 6.07 Å². The minimum Gasteiger partial charge on any atom is -0.399 e. The van der Waals surface area contributed by atoms with Gasteiger partial charge >= 0.3 is 0 Å². The maximum absolute atomic E-state index is 13.4. The van der Waals surface area contributed by atoms with E-state index in [1.54, 1.807) is 23.1 Å². The van der Waals surface area contributed by atoms with E-state index in [0.717, 1.165) is 17.5 Å². The summed E-state index contributed by atoms with van der Waals surface area (Å²) in [6.45, 7) is 2.47. The largest absolute Gasteiger partial charge is 0.399 e. The van der Waals surface area contributed by atoms with Gasteiger partial charge in [0.15, 0.2) is 0 Å². The fourth-order valence-corrected chi connectivity index (χ4v) is 2.66. The van der Waals surface area contributed by atoms with Crippen LogP contribution >= 0.6 is 0 Å². The zero-order valence-electron chi connectivity index (χ0n) is 11.2. The molecule has 102 valence electrons. The molecule has 0 saturated carbocycles. The smallest absolute Gasteiger partial charge is 0.258 e. The van der Waals surface area contributed by atoms with E-state index in [9.17, 15) is 9.18 Å². The second kappa shape index (κ2) is 4.63. The molecule has 0 radical (unpaired) electrons. The maximum atomic E-state index is 13.4. The number of anilines is 2. The minimum atomic E-state index is -0.327. The van der Waals surface area contributed by atoms with Crippen LogP contribution in [0, 0.1) is 12.7 Å². The van der Waals surface area contributed by atoms with Gasteiger partial charge in [0.2, 0.25) is 0 Å². The molecule has 0 aliphatic carbocycles. The minimum absolute atomic E-state index is 0.134. The van der Waals surface area contributed by atoms with E-state index in [4.69, 9.17) is 5.73 Å². The summed E-state index contributed by atoms with van der Waals surface area (Å²) in [5, 5.41) is 0. The van der Waals surface area contributed by atoms with Gasteiger partial charge in [-0.3, -0.25) is 4.79 Å². The van der Waals surface area contributed by atoms with Crippen LogP contribution in [0.25, 0.3) is 0 Å². The Labute approximate surface area is 116 Å². The molecule has 1 aliphatic rings. The average molecular weight is 270 g/mol. The third-order valence-corrected chi connectivity index (χ3v) is 3.53. The zero-order chi connectivity index (χ0) is 14.3. The number of amides is 1. The van der Waals surface area contributed by atoms with Crippen molar-refractivity contribution in [2.45, 2.75) is 13.3 Å². The molecule has 1 heterocycles. The first-order valence-electron chi connectivity index (χ1n) is 6.52. The highest BCUT2D eigenvalue weighted by molar-refractivity contribution is 6.07. The standard InChI is InChI=1S/C16H15FN2O/c1-10-6-12(8-14(18)7-10)16(20)19-5-4-11-2-3-13(17)9-15(11)19/h2-3,6-9H,4-5,18H2,1H3. The average Bonchev–Trinajstić information content (AvgIpc) is 2.79. The Morgan fingerprint density at radius 3 is 2.80 bits per heavy atom. The number of carbonyl (C=O) groups is 1. The normalized spacial score (nSPS) is 13.4. The number of hydrogen-bond donors (Lipinski definition) is 1. The van der Waals surface area contributed by atoms with E-state index in [-0.39, 0.29) is 11.7 Å². The first-order valence-corrected chi connectivity index (χ1v) is 6.52. The lowest BCUT2D eigenvalue weighted by molar-refractivity contribution is 0.0989. The van der Waals surface area contributed by atoms with Gasteiger partial charge in [-0.15, -0.1) is 0 Å². The molecule has 3 nitrogen and oxygen atoms in total. The molecule has 0 saturated heterocycles. The van der Waals surface area contributed by atoms with Gasteiger partial charge in [-0.2, -0.15) is 0 Å². The van der Waals surface area contributed by atoms with Crippen molar-refractivity contribution >= 4 is 17.3 Å². The lowest BCUT2D eigenvalue weighted by Gasteiger charge is -2.18. The second-order valence-corrected chi connectivity index (χ2v) is 5.11. The molecule has 1 amide bonds. The third-order valence-electron chi connectivity index (χ3n) is 3.53. The van der Waals surface area contributed by atoms with Gasteiger partial charge in [-0.25, -0.2) is 4.39 Å². The second-order valence-electron chi connectivity index (χ2n) is 5.11. The molecule has 2 aromatic rings. The number of aryl methyl sites for hydroxylation is 1.